The normalized spacial score (nSPS) is 11.2. The average Bonchev–Trinajstić information content (AvgIpc) is 2.84. The average molecular weight is 506 g/mol. The summed E-state index contributed by atoms with van der Waals surface area (Å²) >= 11 is 6.89. The number of carbonyl (C=O) groups excluding carboxylic acids is 1. The van der Waals surface area contributed by atoms with E-state index in [2.05, 4.69) is 16.4 Å². The summed E-state index contributed by atoms with van der Waals surface area (Å²) in [6.07, 6.45) is 0.838. The minimum absolute atomic E-state index is 0.0417. The van der Waals surface area contributed by atoms with E-state index in [1.165, 1.54) is 18.2 Å². The van der Waals surface area contributed by atoms with Crippen LogP contribution in [0.15, 0.2) is 47.5 Å². The number of carboxylic acids is 1. The van der Waals surface area contributed by atoms with Gasteiger partial charge in [-0.15, -0.1) is 0 Å². The number of nitrogens with two attached hydrogens (primary N) is 1. The third-order valence-electron chi connectivity index (χ3n) is 5.19. The Balaban J connectivity index is 1.95. The Kier molecular flexibility index (Phi) is 7.98. The number of halogens is 1. The van der Waals surface area contributed by atoms with Crippen LogP contribution in [0.1, 0.15) is 40.9 Å². The summed E-state index contributed by atoms with van der Waals surface area (Å²) in [5.41, 5.74) is 8.52. The van der Waals surface area contributed by atoms with Crippen molar-refractivity contribution < 1.29 is 14.7 Å². The molecule has 0 saturated heterocycles. The zero-order valence-corrected chi connectivity index (χ0v) is 20.4. The SMILES string of the molecule is CCc1ccc(-c2c(C#N)c(N)nc(SC(C)C(=O)Nc3ccc(Cl)c(C(=O)O)c3)c2C#N)cc1. The third-order valence-corrected chi connectivity index (χ3v) is 6.60. The van der Waals surface area contributed by atoms with Crippen LogP contribution in [-0.2, 0) is 11.2 Å². The molecule has 0 aliphatic carbocycles. The van der Waals surface area contributed by atoms with Gasteiger partial charge in [-0.1, -0.05) is 54.6 Å². The summed E-state index contributed by atoms with van der Waals surface area (Å²) < 4.78 is 0. The predicted octanol–water partition coefficient (Wildman–Crippen LogP) is 5.11. The summed E-state index contributed by atoms with van der Waals surface area (Å²) in [6, 6.07) is 15.7. The lowest BCUT2D eigenvalue weighted by Gasteiger charge is -2.16. The second kappa shape index (κ2) is 10.9. The van der Waals surface area contributed by atoms with Crippen molar-refractivity contribution in [2.24, 2.45) is 0 Å². The number of carbonyl (C=O) groups is 2. The van der Waals surface area contributed by atoms with Crippen molar-refractivity contribution in [3.63, 3.8) is 0 Å². The van der Waals surface area contributed by atoms with Crippen LogP contribution in [0.2, 0.25) is 5.02 Å². The number of pyridine rings is 1. The molecule has 1 heterocycles. The summed E-state index contributed by atoms with van der Waals surface area (Å²) in [7, 11) is 0. The van der Waals surface area contributed by atoms with Gasteiger partial charge in [0.25, 0.3) is 0 Å². The maximum Gasteiger partial charge on any atom is 0.337 e. The van der Waals surface area contributed by atoms with E-state index in [4.69, 9.17) is 17.3 Å². The number of thioether (sulfide) groups is 1. The molecule has 8 nitrogen and oxygen atoms in total. The zero-order chi connectivity index (χ0) is 25.7. The van der Waals surface area contributed by atoms with E-state index in [0.29, 0.717) is 11.1 Å². The first-order valence-electron chi connectivity index (χ1n) is 10.4. The number of nitrogens with zero attached hydrogens (tertiary/aromatic N) is 3. The number of benzene rings is 2. The largest absolute Gasteiger partial charge is 0.478 e. The van der Waals surface area contributed by atoms with E-state index in [-0.39, 0.29) is 38.2 Å². The van der Waals surface area contributed by atoms with Gasteiger partial charge in [0.1, 0.15) is 28.5 Å². The Morgan fingerprint density at radius 3 is 2.40 bits per heavy atom. The summed E-state index contributed by atoms with van der Waals surface area (Å²) in [5.74, 6) is -1.71. The number of hydrogen-bond donors (Lipinski definition) is 3. The lowest BCUT2D eigenvalue weighted by Crippen LogP contribution is -2.23. The Bertz CT molecular complexity index is 1390. The number of aryl methyl sites for hydroxylation is 1. The zero-order valence-electron chi connectivity index (χ0n) is 18.8. The number of aromatic nitrogens is 1. The molecule has 3 aromatic rings. The molecule has 35 heavy (non-hydrogen) atoms. The molecule has 176 valence electrons. The first kappa shape index (κ1) is 25.6. The number of carboxylic acid groups (broad SMARTS) is 1. The van der Waals surface area contributed by atoms with Crippen LogP contribution in [0.3, 0.4) is 0 Å². The van der Waals surface area contributed by atoms with Gasteiger partial charge in [0, 0.05) is 11.3 Å². The van der Waals surface area contributed by atoms with Crippen LogP contribution in [0.5, 0.6) is 0 Å². The molecule has 1 unspecified atom stereocenters. The molecule has 1 amide bonds. The first-order valence-corrected chi connectivity index (χ1v) is 11.7. The highest BCUT2D eigenvalue weighted by Crippen LogP contribution is 2.37. The summed E-state index contributed by atoms with van der Waals surface area (Å²) in [5, 5.41) is 31.0. The van der Waals surface area contributed by atoms with Crippen molar-refractivity contribution in [2.75, 3.05) is 11.1 Å². The molecule has 2 aromatic carbocycles. The van der Waals surface area contributed by atoms with Crippen molar-refractivity contribution in [2.45, 2.75) is 30.5 Å². The Labute approximate surface area is 211 Å². The van der Waals surface area contributed by atoms with Gasteiger partial charge in [-0.05, 0) is 42.7 Å². The lowest BCUT2D eigenvalue weighted by atomic mass is 9.96. The molecule has 0 aliphatic rings. The number of anilines is 2. The molecule has 0 radical (unpaired) electrons. The van der Waals surface area contributed by atoms with Gasteiger partial charge in [-0.25, -0.2) is 9.78 Å². The van der Waals surface area contributed by atoms with Gasteiger partial charge >= 0.3 is 5.97 Å². The first-order chi connectivity index (χ1) is 16.7. The van der Waals surface area contributed by atoms with E-state index in [9.17, 15) is 25.2 Å². The maximum absolute atomic E-state index is 12.8. The quantitative estimate of drug-likeness (QED) is 0.374. The van der Waals surface area contributed by atoms with Crippen molar-refractivity contribution in [1.82, 2.24) is 4.98 Å². The Hall–Kier alpha value is -4.05. The van der Waals surface area contributed by atoms with Crippen molar-refractivity contribution in [3.05, 3.63) is 69.7 Å². The molecule has 1 aromatic heterocycles. The monoisotopic (exact) mass is 505 g/mol. The number of nitrogen functional groups attached to an aromatic ring is 1. The van der Waals surface area contributed by atoms with Crippen LogP contribution in [0, 0.1) is 22.7 Å². The van der Waals surface area contributed by atoms with Crippen LogP contribution < -0.4 is 11.1 Å². The summed E-state index contributed by atoms with van der Waals surface area (Å²) in [6.45, 7) is 3.63. The number of hydrogen-bond acceptors (Lipinski definition) is 7. The molecule has 4 N–H and O–H groups in total. The van der Waals surface area contributed by atoms with Gasteiger partial charge in [0.15, 0.2) is 0 Å². The van der Waals surface area contributed by atoms with Crippen LogP contribution >= 0.6 is 23.4 Å². The third kappa shape index (κ3) is 5.55. The predicted molar refractivity (Wildman–Crippen MR) is 135 cm³/mol. The minimum atomic E-state index is -1.22. The Morgan fingerprint density at radius 2 is 1.83 bits per heavy atom. The highest BCUT2D eigenvalue weighted by atomic mass is 35.5. The van der Waals surface area contributed by atoms with Crippen molar-refractivity contribution in [1.29, 1.82) is 10.5 Å². The smallest absolute Gasteiger partial charge is 0.337 e. The van der Waals surface area contributed by atoms with Gasteiger partial charge in [0.2, 0.25) is 5.91 Å². The van der Waals surface area contributed by atoms with E-state index in [1.54, 1.807) is 6.92 Å². The second-order valence-electron chi connectivity index (χ2n) is 7.45. The number of amides is 1. The van der Waals surface area contributed by atoms with E-state index >= 15 is 0 Å². The maximum atomic E-state index is 12.8. The molecule has 0 fully saturated rings. The highest BCUT2D eigenvalue weighted by molar-refractivity contribution is 8.00. The van der Waals surface area contributed by atoms with Crippen molar-refractivity contribution >= 4 is 46.7 Å². The van der Waals surface area contributed by atoms with Crippen LogP contribution in [-0.4, -0.2) is 27.2 Å². The van der Waals surface area contributed by atoms with E-state index in [1.807, 2.05) is 37.3 Å². The van der Waals surface area contributed by atoms with E-state index in [0.717, 1.165) is 23.7 Å². The van der Waals surface area contributed by atoms with Gasteiger partial charge in [0.05, 0.1) is 21.4 Å². The number of nitrogens with one attached hydrogen (secondary N) is 1. The number of rotatable bonds is 7. The molecule has 1 atom stereocenters. The van der Waals surface area contributed by atoms with Crippen LogP contribution in [0.4, 0.5) is 11.5 Å². The van der Waals surface area contributed by atoms with E-state index < -0.39 is 17.1 Å². The summed E-state index contributed by atoms with van der Waals surface area (Å²) in [4.78, 5) is 28.3. The molecular formula is C25H20ClN5O3S. The topological polar surface area (TPSA) is 153 Å². The molecule has 10 heteroatoms. The standard InChI is InChI=1S/C25H20ClN5O3S/c1-3-14-4-6-15(7-5-14)21-18(11-27)22(29)31-24(19(21)12-28)35-13(2)23(32)30-16-8-9-20(26)17(10-16)25(33)34/h4-10,13H,3H2,1-2H3,(H2,29,31)(H,30,32)(H,33,34). The molecule has 0 aliphatic heterocycles. The van der Waals surface area contributed by atoms with Gasteiger partial charge in [-0.3, -0.25) is 4.79 Å². The molecular weight excluding hydrogens is 486 g/mol. The Morgan fingerprint density at radius 1 is 1.17 bits per heavy atom. The fourth-order valence-electron chi connectivity index (χ4n) is 3.31. The minimum Gasteiger partial charge on any atom is -0.478 e. The number of aromatic carboxylic acids is 1. The van der Waals surface area contributed by atoms with Gasteiger partial charge in [-0.2, -0.15) is 10.5 Å². The second-order valence-corrected chi connectivity index (χ2v) is 9.19. The molecule has 3 rings (SSSR count). The molecule has 0 spiro atoms. The molecule has 0 bridgehead atoms. The lowest BCUT2D eigenvalue weighted by molar-refractivity contribution is -0.115. The highest BCUT2D eigenvalue weighted by Gasteiger charge is 2.24. The van der Waals surface area contributed by atoms with Crippen LogP contribution in [0.25, 0.3) is 11.1 Å². The fraction of sp³-hybridized carbons (Fsp3) is 0.160. The van der Waals surface area contributed by atoms with Gasteiger partial charge < -0.3 is 16.2 Å². The van der Waals surface area contributed by atoms with Crippen molar-refractivity contribution in [3.8, 4) is 23.3 Å². The molecule has 0 saturated carbocycles. The fourth-order valence-corrected chi connectivity index (χ4v) is 4.43. The number of nitriles is 2.